The van der Waals surface area contributed by atoms with Crippen molar-refractivity contribution < 1.29 is 9.84 Å². The average molecular weight is 263 g/mol. The second-order valence-electron chi connectivity index (χ2n) is 5.47. The first-order chi connectivity index (χ1) is 9.19. The summed E-state index contributed by atoms with van der Waals surface area (Å²) in [6, 6.07) is 8.20. The largest absolute Gasteiger partial charge is 0.491 e. The zero-order valence-electron chi connectivity index (χ0n) is 11.9. The molecule has 0 aromatic heterocycles. The van der Waals surface area contributed by atoms with Crippen LogP contribution in [0.5, 0.6) is 5.75 Å². The maximum atomic E-state index is 9.99. The van der Waals surface area contributed by atoms with E-state index in [0.29, 0.717) is 0 Å². The van der Waals surface area contributed by atoms with Crippen molar-refractivity contribution in [1.29, 1.82) is 0 Å². The van der Waals surface area contributed by atoms with Crippen molar-refractivity contribution in [2.45, 2.75) is 64.2 Å². The molecule has 3 nitrogen and oxygen atoms in total. The fraction of sp³-hybridized carbons (Fsp3) is 0.625. The molecule has 1 aromatic carbocycles. The molecule has 0 radical (unpaired) electrons. The Kier molecular flexibility index (Phi) is 5.08. The van der Waals surface area contributed by atoms with Crippen LogP contribution in [0, 0.1) is 0 Å². The number of nitrogens with one attached hydrogen (secondary N) is 1. The minimum atomic E-state index is -0.229. The molecule has 0 saturated heterocycles. The molecule has 1 aliphatic carbocycles. The Labute approximate surface area is 116 Å². The van der Waals surface area contributed by atoms with Crippen LogP contribution in [0.3, 0.4) is 0 Å². The summed E-state index contributed by atoms with van der Waals surface area (Å²) in [4.78, 5) is 0. The van der Waals surface area contributed by atoms with Gasteiger partial charge in [0, 0.05) is 11.8 Å². The summed E-state index contributed by atoms with van der Waals surface area (Å²) < 4.78 is 5.82. The van der Waals surface area contributed by atoms with Gasteiger partial charge in [-0.2, -0.15) is 0 Å². The lowest BCUT2D eigenvalue weighted by molar-refractivity contribution is 0.116. The van der Waals surface area contributed by atoms with Crippen LogP contribution in [0.1, 0.15) is 46.0 Å². The molecule has 0 bridgehead atoms. The van der Waals surface area contributed by atoms with Crippen molar-refractivity contribution in [1.82, 2.24) is 0 Å². The minimum absolute atomic E-state index is 0.174. The molecule has 3 unspecified atom stereocenters. The minimum Gasteiger partial charge on any atom is -0.491 e. The van der Waals surface area contributed by atoms with Gasteiger partial charge >= 0.3 is 0 Å². The van der Waals surface area contributed by atoms with Gasteiger partial charge in [0.25, 0.3) is 0 Å². The molecule has 0 spiro atoms. The first kappa shape index (κ1) is 14.2. The third-order valence-electron chi connectivity index (χ3n) is 3.83. The quantitative estimate of drug-likeness (QED) is 0.853. The Morgan fingerprint density at radius 2 is 2.16 bits per heavy atom. The highest BCUT2D eigenvalue weighted by Gasteiger charge is 2.22. The predicted molar refractivity (Wildman–Crippen MR) is 78.7 cm³/mol. The van der Waals surface area contributed by atoms with E-state index in [1.165, 1.54) is 6.42 Å². The van der Waals surface area contributed by atoms with Crippen molar-refractivity contribution in [3.05, 3.63) is 24.3 Å². The molecule has 0 amide bonds. The fourth-order valence-corrected chi connectivity index (χ4v) is 2.47. The van der Waals surface area contributed by atoms with Crippen LogP contribution in [0.4, 0.5) is 5.69 Å². The van der Waals surface area contributed by atoms with Crippen LogP contribution in [-0.4, -0.2) is 23.4 Å². The molecule has 2 rings (SSSR count). The molecule has 1 fully saturated rings. The van der Waals surface area contributed by atoms with E-state index in [4.69, 9.17) is 4.74 Å². The van der Waals surface area contributed by atoms with Crippen LogP contribution >= 0.6 is 0 Å². The van der Waals surface area contributed by atoms with Crippen LogP contribution in [0.25, 0.3) is 0 Å². The zero-order valence-corrected chi connectivity index (χ0v) is 11.9. The van der Waals surface area contributed by atoms with Crippen molar-refractivity contribution in [2.24, 2.45) is 0 Å². The number of aliphatic hydroxyl groups excluding tert-OH is 1. The molecule has 1 aromatic rings. The number of hydrogen-bond acceptors (Lipinski definition) is 3. The van der Waals surface area contributed by atoms with Gasteiger partial charge in [0.2, 0.25) is 0 Å². The zero-order chi connectivity index (χ0) is 13.7. The van der Waals surface area contributed by atoms with Gasteiger partial charge in [-0.15, -0.1) is 0 Å². The van der Waals surface area contributed by atoms with E-state index in [1.807, 2.05) is 24.3 Å². The standard InChI is InChI=1S/C16H25NO2/c1-3-12(2)19-14-8-6-7-13(11-14)17-15-9-4-5-10-16(15)18/h6-8,11-12,15-18H,3-5,9-10H2,1-2H3. The molecule has 3 atom stereocenters. The summed E-state index contributed by atoms with van der Waals surface area (Å²) in [5.74, 6) is 0.893. The number of ether oxygens (including phenoxy) is 1. The third kappa shape index (κ3) is 4.13. The third-order valence-corrected chi connectivity index (χ3v) is 3.83. The molecule has 0 aliphatic heterocycles. The topological polar surface area (TPSA) is 41.5 Å². The van der Waals surface area contributed by atoms with E-state index >= 15 is 0 Å². The SMILES string of the molecule is CCC(C)Oc1cccc(NC2CCCCC2O)c1. The summed E-state index contributed by atoms with van der Waals surface area (Å²) >= 11 is 0. The van der Waals surface area contributed by atoms with Crippen LogP contribution in [-0.2, 0) is 0 Å². The van der Waals surface area contributed by atoms with E-state index in [9.17, 15) is 5.11 Å². The van der Waals surface area contributed by atoms with Gasteiger partial charge in [-0.25, -0.2) is 0 Å². The van der Waals surface area contributed by atoms with Gasteiger partial charge in [0.05, 0.1) is 18.2 Å². The smallest absolute Gasteiger partial charge is 0.121 e. The van der Waals surface area contributed by atoms with E-state index < -0.39 is 0 Å². The molecule has 0 heterocycles. The number of benzene rings is 1. The molecular formula is C16H25NO2. The van der Waals surface area contributed by atoms with Crippen molar-refractivity contribution in [3.63, 3.8) is 0 Å². The predicted octanol–water partition coefficient (Wildman–Crippen LogP) is 3.58. The molecule has 106 valence electrons. The van der Waals surface area contributed by atoms with E-state index in [2.05, 4.69) is 19.2 Å². The van der Waals surface area contributed by atoms with Gasteiger partial charge in [-0.3, -0.25) is 0 Å². The summed E-state index contributed by atoms with van der Waals surface area (Å²) in [5.41, 5.74) is 1.03. The maximum absolute atomic E-state index is 9.99. The number of rotatable bonds is 5. The Morgan fingerprint density at radius 3 is 2.89 bits per heavy atom. The lowest BCUT2D eigenvalue weighted by atomic mass is 9.92. The Bertz CT molecular complexity index is 394. The number of hydrogen-bond donors (Lipinski definition) is 2. The highest BCUT2D eigenvalue weighted by Crippen LogP contribution is 2.25. The number of aliphatic hydroxyl groups is 1. The van der Waals surface area contributed by atoms with Gasteiger partial charge in [-0.1, -0.05) is 25.8 Å². The second-order valence-corrected chi connectivity index (χ2v) is 5.47. The van der Waals surface area contributed by atoms with Gasteiger partial charge in [0.15, 0.2) is 0 Å². The molecule has 1 saturated carbocycles. The summed E-state index contributed by atoms with van der Waals surface area (Å²) in [7, 11) is 0. The van der Waals surface area contributed by atoms with Crippen LogP contribution < -0.4 is 10.1 Å². The van der Waals surface area contributed by atoms with Crippen molar-refractivity contribution in [2.75, 3.05) is 5.32 Å². The lowest BCUT2D eigenvalue weighted by Gasteiger charge is -2.29. The van der Waals surface area contributed by atoms with Crippen molar-refractivity contribution >= 4 is 5.69 Å². The second kappa shape index (κ2) is 6.80. The number of anilines is 1. The Hall–Kier alpha value is -1.22. The molecule has 1 aliphatic rings. The first-order valence-corrected chi connectivity index (χ1v) is 7.40. The van der Waals surface area contributed by atoms with Gasteiger partial charge < -0.3 is 15.2 Å². The van der Waals surface area contributed by atoms with Gasteiger partial charge in [-0.05, 0) is 38.3 Å². The van der Waals surface area contributed by atoms with E-state index in [-0.39, 0.29) is 18.2 Å². The van der Waals surface area contributed by atoms with Crippen LogP contribution in [0.2, 0.25) is 0 Å². The van der Waals surface area contributed by atoms with Crippen LogP contribution in [0.15, 0.2) is 24.3 Å². The molecule has 2 N–H and O–H groups in total. The summed E-state index contributed by atoms with van der Waals surface area (Å²) in [6.45, 7) is 4.19. The average Bonchev–Trinajstić information content (AvgIpc) is 2.42. The highest BCUT2D eigenvalue weighted by atomic mass is 16.5. The lowest BCUT2D eigenvalue weighted by Crippen LogP contribution is -2.36. The normalized spacial score (nSPS) is 24.8. The maximum Gasteiger partial charge on any atom is 0.121 e. The van der Waals surface area contributed by atoms with E-state index in [0.717, 1.165) is 37.1 Å². The van der Waals surface area contributed by atoms with Gasteiger partial charge in [0.1, 0.15) is 5.75 Å². The summed E-state index contributed by atoms with van der Waals surface area (Å²) in [5, 5.41) is 13.4. The molecule has 19 heavy (non-hydrogen) atoms. The Morgan fingerprint density at radius 1 is 1.37 bits per heavy atom. The monoisotopic (exact) mass is 263 g/mol. The Balaban J connectivity index is 1.98. The molecular weight excluding hydrogens is 238 g/mol. The van der Waals surface area contributed by atoms with E-state index in [1.54, 1.807) is 0 Å². The molecule has 3 heteroatoms. The van der Waals surface area contributed by atoms with Crippen molar-refractivity contribution in [3.8, 4) is 5.75 Å². The fourth-order valence-electron chi connectivity index (χ4n) is 2.47. The highest BCUT2D eigenvalue weighted by molar-refractivity contribution is 5.49. The first-order valence-electron chi connectivity index (χ1n) is 7.40. The summed E-state index contributed by atoms with van der Waals surface area (Å²) in [6.07, 6.45) is 5.27.